The van der Waals surface area contributed by atoms with Gasteiger partial charge in [-0.05, 0) is 92.2 Å². The van der Waals surface area contributed by atoms with E-state index in [2.05, 4.69) is 9.44 Å². The molecule has 196 valence electrons. The van der Waals surface area contributed by atoms with Gasteiger partial charge in [-0.15, -0.1) is 11.8 Å². The van der Waals surface area contributed by atoms with E-state index in [-0.39, 0.29) is 27.1 Å². The zero-order chi connectivity index (χ0) is 26.6. The number of nitrogens with zero attached hydrogens (tertiary/aromatic N) is 1. The molecule has 1 heterocycles. The molecule has 0 aromatic heterocycles. The first kappa shape index (κ1) is 27.0. The molecule has 2 N–H and O–H groups in total. The van der Waals surface area contributed by atoms with Crippen LogP contribution in [-0.2, 0) is 20.0 Å². The molecule has 4 rings (SSSR count). The highest BCUT2D eigenvalue weighted by Gasteiger charge is 2.24. The number of nitrogens with one attached hydrogen (secondary N) is 2. The molecule has 1 saturated heterocycles. The summed E-state index contributed by atoms with van der Waals surface area (Å²) in [5.74, 6) is -0.685. The third-order valence-corrected chi connectivity index (χ3v) is 9.44. The summed E-state index contributed by atoms with van der Waals surface area (Å²) in [6.07, 6.45) is 4.74. The van der Waals surface area contributed by atoms with E-state index in [1.54, 1.807) is 11.0 Å². The summed E-state index contributed by atoms with van der Waals surface area (Å²) in [5.41, 5.74) is 0.680. The molecule has 1 aliphatic rings. The molecule has 3 aromatic rings. The molecule has 0 saturated carbocycles. The summed E-state index contributed by atoms with van der Waals surface area (Å²) in [7, 11) is -8.02. The Morgan fingerprint density at radius 2 is 1.30 bits per heavy atom. The second-order valence-electron chi connectivity index (χ2n) is 8.46. The van der Waals surface area contributed by atoms with E-state index in [0.29, 0.717) is 23.5 Å². The van der Waals surface area contributed by atoms with Crippen molar-refractivity contribution < 1.29 is 26.0 Å². The largest absolute Gasteiger partial charge is 0.339 e. The Kier molecular flexibility index (Phi) is 8.10. The van der Waals surface area contributed by atoms with Gasteiger partial charge in [-0.1, -0.05) is 0 Å². The van der Waals surface area contributed by atoms with Crippen molar-refractivity contribution in [3.05, 3.63) is 78.1 Å². The second-order valence-corrected chi connectivity index (χ2v) is 12.7. The third-order valence-electron chi connectivity index (χ3n) is 5.87. The van der Waals surface area contributed by atoms with Gasteiger partial charge in [0.15, 0.2) is 0 Å². The summed E-state index contributed by atoms with van der Waals surface area (Å²) < 4.78 is 69.3. The van der Waals surface area contributed by atoms with E-state index in [1.165, 1.54) is 60.3 Å². The molecule has 0 spiro atoms. The van der Waals surface area contributed by atoms with Crippen LogP contribution in [0.2, 0.25) is 0 Å². The van der Waals surface area contributed by atoms with Crippen molar-refractivity contribution >= 4 is 49.1 Å². The first-order valence-electron chi connectivity index (χ1n) is 11.5. The Balaban J connectivity index is 1.53. The number of piperidine rings is 1. The first-order chi connectivity index (χ1) is 17.6. The van der Waals surface area contributed by atoms with Crippen LogP contribution in [-0.4, -0.2) is 47.0 Å². The lowest BCUT2D eigenvalue weighted by Crippen LogP contribution is -2.36. The van der Waals surface area contributed by atoms with Gasteiger partial charge in [0.2, 0.25) is 0 Å². The molecule has 1 aliphatic heterocycles. The highest BCUT2D eigenvalue weighted by Crippen LogP contribution is 2.27. The predicted molar refractivity (Wildman–Crippen MR) is 142 cm³/mol. The van der Waals surface area contributed by atoms with E-state index in [9.17, 15) is 26.0 Å². The molecular formula is C25H26FN3O5S3. The van der Waals surface area contributed by atoms with Crippen LogP contribution >= 0.6 is 11.8 Å². The van der Waals surface area contributed by atoms with Crippen molar-refractivity contribution in [2.24, 2.45) is 0 Å². The first-order valence-corrected chi connectivity index (χ1v) is 15.7. The Hall–Kier alpha value is -3.09. The number of hydrogen-bond acceptors (Lipinski definition) is 6. The molecule has 0 radical (unpaired) electrons. The molecule has 37 heavy (non-hydrogen) atoms. The van der Waals surface area contributed by atoms with Gasteiger partial charge in [-0.2, -0.15) is 0 Å². The lowest BCUT2D eigenvalue weighted by atomic mass is 10.1. The number of sulfonamides is 2. The number of thioether (sulfide) groups is 1. The maximum atomic E-state index is 13.1. The van der Waals surface area contributed by atoms with Crippen molar-refractivity contribution in [3.8, 4) is 0 Å². The van der Waals surface area contributed by atoms with Gasteiger partial charge >= 0.3 is 0 Å². The van der Waals surface area contributed by atoms with Crippen LogP contribution in [0.25, 0.3) is 0 Å². The Morgan fingerprint density at radius 3 is 1.86 bits per heavy atom. The molecule has 0 unspecified atom stereocenters. The molecule has 8 nitrogen and oxygen atoms in total. The molecule has 0 bridgehead atoms. The quantitative estimate of drug-likeness (QED) is 0.382. The SMILES string of the molecule is CSc1ccc(S(=O)(=O)Nc2ccc(S(=O)(=O)Nc3ccc(F)cc3)cc2)cc1C(=O)N1CCCCC1. The van der Waals surface area contributed by atoms with Crippen LogP contribution in [0, 0.1) is 5.82 Å². The molecule has 1 fully saturated rings. The van der Waals surface area contributed by atoms with Gasteiger partial charge in [-0.3, -0.25) is 14.2 Å². The minimum absolute atomic E-state index is 0.0691. The normalized spacial score (nSPS) is 14.3. The van der Waals surface area contributed by atoms with Crippen LogP contribution in [0.5, 0.6) is 0 Å². The summed E-state index contributed by atoms with van der Waals surface area (Å²) in [6.45, 7) is 1.29. The Morgan fingerprint density at radius 1 is 0.784 bits per heavy atom. The number of hydrogen-bond donors (Lipinski definition) is 2. The molecule has 0 aliphatic carbocycles. The highest BCUT2D eigenvalue weighted by molar-refractivity contribution is 7.98. The topological polar surface area (TPSA) is 113 Å². The monoisotopic (exact) mass is 563 g/mol. The lowest BCUT2D eigenvalue weighted by molar-refractivity contribution is 0.0720. The Bertz CT molecular complexity index is 1490. The summed E-state index contributed by atoms with van der Waals surface area (Å²) in [5, 5.41) is 0. The number of anilines is 2. The van der Waals surface area contributed by atoms with Crippen molar-refractivity contribution in [2.75, 3.05) is 28.8 Å². The minimum atomic E-state index is -4.06. The van der Waals surface area contributed by atoms with Crippen LogP contribution in [0.1, 0.15) is 29.6 Å². The van der Waals surface area contributed by atoms with Crippen molar-refractivity contribution in [1.29, 1.82) is 0 Å². The van der Waals surface area contributed by atoms with Gasteiger partial charge in [0.05, 0.1) is 15.4 Å². The van der Waals surface area contributed by atoms with Crippen molar-refractivity contribution in [1.82, 2.24) is 4.90 Å². The number of carbonyl (C=O) groups is 1. The number of benzene rings is 3. The molecule has 1 amide bonds. The highest BCUT2D eigenvalue weighted by atomic mass is 32.2. The second kappa shape index (κ2) is 11.1. The number of halogens is 1. The zero-order valence-corrected chi connectivity index (χ0v) is 22.4. The average molecular weight is 564 g/mol. The molecule has 3 aromatic carbocycles. The summed E-state index contributed by atoms with van der Waals surface area (Å²) in [6, 6.07) is 14.5. The molecule has 12 heteroatoms. The van der Waals surface area contributed by atoms with E-state index >= 15 is 0 Å². The van der Waals surface area contributed by atoms with Crippen LogP contribution < -0.4 is 9.44 Å². The van der Waals surface area contributed by atoms with E-state index in [0.717, 1.165) is 31.4 Å². The van der Waals surface area contributed by atoms with E-state index in [4.69, 9.17) is 0 Å². The fourth-order valence-corrected chi connectivity index (χ4v) is 6.65. The van der Waals surface area contributed by atoms with Gasteiger partial charge in [0.25, 0.3) is 26.0 Å². The van der Waals surface area contributed by atoms with E-state index in [1.807, 2.05) is 6.26 Å². The zero-order valence-electron chi connectivity index (χ0n) is 20.0. The van der Waals surface area contributed by atoms with Crippen LogP contribution in [0.3, 0.4) is 0 Å². The summed E-state index contributed by atoms with van der Waals surface area (Å²) in [4.78, 5) is 15.4. The standard InChI is InChI=1S/C25H26FN3O5S3/c1-35-24-14-13-22(17-23(24)25(30)29-15-3-2-4-16-29)37(33,34)28-20-9-11-21(12-10-20)36(31,32)27-19-7-5-18(26)6-8-19/h5-14,17,27-28H,2-4,15-16H2,1H3. The van der Waals surface area contributed by atoms with Gasteiger partial charge in [0, 0.05) is 29.4 Å². The molecular weight excluding hydrogens is 537 g/mol. The third kappa shape index (κ3) is 6.43. The number of amides is 1. The van der Waals surface area contributed by atoms with Crippen molar-refractivity contribution in [2.45, 2.75) is 33.9 Å². The fourth-order valence-electron chi connectivity index (χ4n) is 3.94. The predicted octanol–water partition coefficient (Wildman–Crippen LogP) is 4.78. The minimum Gasteiger partial charge on any atom is -0.339 e. The molecule has 0 atom stereocenters. The van der Waals surface area contributed by atoms with Crippen molar-refractivity contribution in [3.63, 3.8) is 0 Å². The fraction of sp³-hybridized carbons (Fsp3) is 0.240. The maximum Gasteiger partial charge on any atom is 0.261 e. The number of likely N-dealkylation sites (tertiary alicyclic amines) is 1. The van der Waals surface area contributed by atoms with Crippen LogP contribution in [0.4, 0.5) is 15.8 Å². The average Bonchev–Trinajstić information content (AvgIpc) is 2.89. The Labute approximate surface area is 220 Å². The van der Waals surface area contributed by atoms with E-state index < -0.39 is 25.9 Å². The maximum absolute atomic E-state index is 13.1. The van der Waals surface area contributed by atoms with Gasteiger partial charge in [-0.25, -0.2) is 21.2 Å². The summed E-state index contributed by atoms with van der Waals surface area (Å²) >= 11 is 1.37. The smallest absolute Gasteiger partial charge is 0.261 e. The van der Waals surface area contributed by atoms with Gasteiger partial charge in [0.1, 0.15) is 5.82 Å². The number of rotatable bonds is 8. The van der Waals surface area contributed by atoms with Gasteiger partial charge < -0.3 is 4.90 Å². The van der Waals surface area contributed by atoms with Crippen LogP contribution in [0.15, 0.2) is 81.4 Å². The number of carbonyl (C=O) groups excluding carboxylic acids is 1. The lowest BCUT2D eigenvalue weighted by Gasteiger charge is -2.27.